The number of aryl methyl sites for hydroxylation is 1. The topological polar surface area (TPSA) is 90.3 Å². The Morgan fingerprint density at radius 1 is 1.36 bits per heavy atom. The molecule has 0 bridgehead atoms. The lowest BCUT2D eigenvalue weighted by Gasteiger charge is -2.07. The van der Waals surface area contributed by atoms with E-state index < -0.39 is 0 Å². The van der Waals surface area contributed by atoms with Crippen molar-refractivity contribution in [2.75, 3.05) is 19.8 Å². The van der Waals surface area contributed by atoms with Gasteiger partial charge in [0, 0.05) is 32.7 Å². The maximum atomic E-state index is 5.85. The van der Waals surface area contributed by atoms with E-state index in [0.29, 0.717) is 12.5 Å². The third kappa shape index (κ3) is 6.07. The molecule has 1 aliphatic rings. The van der Waals surface area contributed by atoms with Crippen LogP contribution < -0.4 is 11.1 Å². The highest BCUT2D eigenvalue weighted by molar-refractivity contribution is 14.0. The number of hydrogen-bond acceptors (Lipinski definition) is 4. The number of hydrogen-bond donors (Lipinski definition) is 2. The number of nitrogens with one attached hydrogen (secondary N) is 1. The van der Waals surface area contributed by atoms with Crippen molar-refractivity contribution in [1.29, 1.82) is 0 Å². The highest BCUT2D eigenvalue weighted by Crippen LogP contribution is 2.14. The Morgan fingerprint density at radius 3 is 3.05 bits per heavy atom. The summed E-state index contributed by atoms with van der Waals surface area (Å²) in [5.41, 5.74) is 5.85. The van der Waals surface area contributed by atoms with E-state index in [9.17, 15) is 0 Å². The molecule has 126 valence electrons. The number of aliphatic imine (C=N–C) groups is 1. The summed E-state index contributed by atoms with van der Waals surface area (Å²) in [6.07, 6.45) is 5.58. The van der Waals surface area contributed by atoms with Crippen LogP contribution in [0.25, 0.3) is 0 Å². The quantitative estimate of drug-likeness (QED) is 0.301. The van der Waals surface area contributed by atoms with Gasteiger partial charge in [0.15, 0.2) is 11.8 Å². The van der Waals surface area contributed by atoms with Crippen LogP contribution in [0.15, 0.2) is 4.99 Å². The molecule has 22 heavy (non-hydrogen) atoms. The second-order valence-electron chi connectivity index (χ2n) is 5.17. The zero-order valence-corrected chi connectivity index (χ0v) is 15.6. The van der Waals surface area contributed by atoms with Crippen LogP contribution in [-0.2, 0) is 24.2 Å². The van der Waals surface area contributed by atoms with E-state index >= 15 is 0 Å². The lowest BCUT2D eigenvalue weighted by molar-refractivity contribution is 0.145. The molecule has 0 atom stereocenters. The molecule has 0 radical (unpaired) electrons. The van der Waals surface area contributed by atoms with E-state index in [1.54, 1.807) is 0 Å². The van der Waals surface area contributed by atoms with Crippen molar-refractivity contribution in [2.24, 2.45) is 10.7 Å². The first-order valence-corrected chi connectivity index (χ1v) is 7.83. The highest BCUT2D eigenvalue weighted by Gasteiger charge is 2.13. The molecule has 0 aromatic carbocycles. The molecule has 1 aliphatic heterocycles. The summed E-state index contributed by atoms with van der Waals surface area (Å²) >= 11 is 0. The Bertz CT molecular complexity index is 462. The zero-order chi connectivity index (χ0) is 14.9. The SMILES string of the molecule is CCOCCCNC(N)=NCc1nnc2n1CCCCC2.I. The van der Waals surface area contributed by atoms with Gasteiger partial charge in [-0.3, -0.25) is 0 Å². The van der Waals surface area contributed by atoms with Gasteiger partial charge in [-0.05, 0) is 26.2 Å². The minimum Gasteiger partial charge on any atom is -0.382 e. The van der Waals surface area contributed by atoms with Crippen molar-refractivity contribution < 1.29 is 4.74 Å². The lowest BCUT2D eigenvalue weighted by Crippen LogP contribution is -2.33. The Hall–Kier alpha value is -0.900. The molecule has 0 aliphatic carbocycles. The number of halogens is 1. The van der Waals surface area contributed by atoms with Gasteiger partial charge in [-0.15, -0.1) is 34.2 Å². The van der Waals surface area contributed by atoms with Crippen molar-refractivity contribution in [3.8, 4) is 0 Å². The van der Waals surface area contributed by atoms with E-state index in [4.69, 9.17) is 10.5 Å². The van der Waals surface area contributed by atoms with E-state index in [-0.39, 0.29) is 24.0 Å². The van der Waals surface area contributed by atoms with Crippen LogP contribution in [-0.4, -0.2) is 40.5 Å². The number of nitrogens with two attached hydrogens (primary N) is 1. The summed E-state index contributed by atoms with van der Waals surface area (Å²) in [6, 6.07) is 0. The third-order valence-corrected chi connectivity index (χ3v) is 3.55. The summed E-state index contributed by atoms with van der Waals surface area (Å²) in [5.74, 6) is 2.45. The van der Waals surface area contributed by atoms with Gasteiger partial charge in [-0.1, -0.05) is 6.42 Å². The number of ether oxygens (including phenoxy) is 1. The molecule has 2 rings (SSSR count). The average molecular weight is 422 g/mol. The Labute approximate surface area is 149 Å². The lowest BCUT2D eigenvalue weighted by atomic mass is 10.2. The molecule has 2 heterocycles. The molecular formula is C14H27IN6O. The summed E-state index contributed by atoms with van der Waals surface area (Å²) in [6.45, 7) is 5.74. The fourth-order valence-corrected chi connectivity index (χ4v) is 2.41. The molecular weight excluding hydrogens is 395 g/mol. The van der Waals surface area contributed by atoms with Crippen LogP contribution in [0.2, 0.25) is 0 Å². The second kappa shape index (κ2) is 10.8. The number of rotatable bonds is 7. The second-order valence-corrected chi connectivity index (χ2v) is 5.17. The minimum atomic E-state index is 0. The smallest absolute Gasteiger partial charge is 0.189 e. The zero-order valence-electron chi connectivity index (χ0n) is 13.3. The first-order chi connectivity index (χ1) is 10.3. The van der Waals surface area contributed by atoms with Crippen molar-refractivity contribution >= 4 is 29.9 Å². The Kier molecular flexibility index (Phi) is 9.37. The molecule has 0 spiro atoms. The highest BCUT2D eigenvalue weighted by atomic mass is 127. The first-order valence-electron chi connectivity index (χ1n) is 7.83. The monoisotopic (exact) mass is 422 g/mol. The molecule has 0 amide bonds. The number of nitrogens with zero attached hydrogens (tertiary/aromatic N) is 4. The number of fused-ring (bicyclic) bond motifs is 1. The van der Waals surface area contributed by atoms with Crippen LogP contribution in [0, 0.1) is 0 Å². The fraction of sp³-hybridized carbons (Fsp3) is 0.786. The average Bonchev–Trinajstić information content (AvgIpc) is 2.72. The van der Waals surface area contributed by atoms with Crippen LogP contribution >= 0.6 is 24.0 Å². The minimum absolute atomic E-state index is 0. The number of guanidine groups is 1. The summed E-state index contributed by atoms with van der Waals surface area (Å²) in [7, 11) is 0. The third-order valence-electron chi connectivity index (χ3n) is 3.55. The van der Waals surface area contributed by atoms with Crippen molar-refractivity contribution in [3.63, 3.8) is 0 Å². The molecule has 7 nitrogen and oxygen atoms in total. The predicted octanol–water partition coefficient (Wildman–Crippen LogP) is 1.45. The number of aromatic nitrogens is 3. The molecule has 3 N–H and O–H groups in total. The molecule has 0 fully saturated rings. The Balaban J connectivity index is 0.00000242. The van der Waals surface area contributed by atoms with Crippen molar-refractivity contribution in [3.05, 3.63) is 11.6 Å². The van der Waals surface area contributed by atoms with E-state index in [1.165, 1.54) is 19.3 Å². The standard InChI is InChI=1S/C14H26N6O.HI/c1-2-21-10-6-8-16-14(15)17-11-13-19-18-12-7-4-3-5-9-20(12)13;/h2-11H2,1H3,(H3,15,16,17);1H. The fourth-order valence-electron chi connectivity index (χ4n) is 2.41. The van der Waals surface area contributed by atoms with Gasteiger partial charge in [-0.2, -0.15) is 0 Å². The van der Waals surface area contributed by atoms with E-state index in [0.717, 1.165) is 50.8 Å². The van der Waals surface area contributed by atoms with E-state index in [1.807, 2.05) is 6.92 Å². The first kappa shape index (κ1) is 19.1. The molecule has 1 aromatic heterocycles. The van der Waals surface area contributed by atoms with Gasteiger partial charge in [0.1, 0.15) is 12.4 Å². The molecule has 8 heteroatoms. The largest absolute Gasteiger partial charge is 0.382 e. The summed E-state index contributed by atoms with van der Waals surface area (Å²) < 4.78 is 7.46. The van der Waals surface area contributed by atoms with Crippen molar-refractivity contribution in [2.45, 2.75) is 52.1 Å². The van der Waals surface area contributed by atoms with Gasteiger partial charge in [0.2, 0.25) is 0 Å². The van der Waals surface area contributed by atoms with Gasteiger partial charge >= 0.3 is 0 Å². The summed E-state index contributed by atoms with van der Waals surface area (Å²) in [5, 5.41) is 11.6. The molecule has 0 unspecified atom stereocenters. The van der Waals surface area contributed by atoms with Gasteiger partial charge in [0.05, 0.1) is 0 Å². The van der Waals surface area contributed by atoms with Gasteiger partial charge in [-0.25, -0.2) is 4.99 Å². The van der Waals surface area contributed by atoms with E-state index in [2.05, 4.69) is 25.1 Å². The van der Waals surface area contributed by atoms with Crippen LogP contribution in [0.1, 0.15) is 44.3 Å². The maximum Gasteiger partial charge on any atom is 0.189 e. The van der Waals surface area contributed by atoms with Crippen LogP contribution in [0.3, 0.4) is 0 Å². The Morgan fingerprint density at radius 2 is 2.23 bits per heavy atom. The molecule has 0 saturated carbocycles. The van der Waals surface area contributed by atoms with Gasteiger partial charge < -0.3 is 20.4 Å². The predicted molar refractivity (Wildman–Crippen MR) is 97.4 cm³/mol. The van der Waals surface area contributed by atoms with Crippen LogP contribution in [0.4, 0.5) is 0 Å². The summed E-state index contributed by atoms with van der Waals surface area (Å²) in [4.78, 5) is 4.34. The van der Waals surface area contributed by atoms with Gasteiger partial charge in [0.25, 0.3) is 0 Å². The maximum absolute atomic E-state index is 5.85. The van der Waals surface area contributed by atoms with Crippen LogP contribution in [0.5, 0.6) is 0 Å². The molecule has 1 aromatic rings. The normalized spacial score (nSPS) is 14.9. The molecule has 0 saturated heterocycles. The van der Waals surface area contributed by atoms with Crippen molar-refractivity contribution in [1.82, 2.24) is 20.1 Å².